The van der Waals surface area contributed by atoms with Crippen LogP contribution in [0.3, 0.4) is 0 Å². The van der Waals surface area contributed by atoms with Crippen LogP contribution in [0.2, 0.25) is 0 Å². The molecule has 2 unspecified atom stereocenters. The summed E-state index contributed by atoms with van der Waals surface area (Å²) in [5.41, 5.74) is 1.83. The van der Waals surface area contributed by atoms with Crippen LogP contribution in [0.5, 0.6) is 5.75 Å². The van der Waals surface area contributed by atoms with Crippen molar-refractivity contribution >= 4 is 5.78 Å². The average Bonchev–Trinajstić information content (AvgIpc) is 2.64. The molecule has 0 spiro atoms. The van der Waals surface area contributed by atoms with Gasteiger partial charge in [-0.1, -0.05) is 19.1 Å². The maximum atomic E-state index is 13.0. The van der Waals surface area contributed by atoms with Gasteiger partial charge < -0.3 is 15.2 Å². The summed E-state index contributed by atoms with van der Waals surface area (Å²) in [6, 6.07) is 11.3. The molecule has 0 bridgehead atoms. The molecule has 0 amide bonds. The van der Waals surface area contributed by atoms with Gasteiger partial charge in [0.05, 0.1) is 6.04 Å². The first kappa shape index (κ1) is 19.5. The van der Waals surface area contributed by atoms with Crippen LogP contribution in [0.1, 0.15) is 54.7 Å². The fourth-order valence-corrected chi connectivity index (χ4v) is 3.41. The molecule has 0 radical (unpaired) electrons. The molecule has 0 fully saturated rings. The van der Waals surface area contributed by atoms with Crippen molar-refractivity contribution in [3.05, 3.63) is 65.0 Å². The minimum Gasteiger partial charge on any atom is -0.485 e. The number of Topliss-reactive ketones (excluding diaryl/α,β-unsaturated/α-hetero) is 1. The highest BCUT2D eigenvalue weighted by Gasteiger charge is 2.42. The standard InChI is InChI=1S/C22H26FNO3/c1-4-14-5-10-19-17(13-14)20(21(26)22(2,3)27-19)24-12-11-18(25)15-6-8-16(23)9-7-15/h5-10,13,20-21,24,26H,4,11-12H2,1-3H3. The molecule has 0 saturated heterocycles. The Morgan fingerprint density at radius 3 is 2.59 bits per heavy atom. The molecule has 1 aliphatic rings. The summed E-state index contributed by atoms with van der Waals surface area (Å²) in [5.74, 6) is 0.330. The molecule has 2 aromatic carbocycles. The largest absolute Gasteiger partial charge is 0.485 e. The van der Waals surface area contributed by atoms with Crippen molar-refractivity contribution in [1.82, 2.24) is 5.32 Å². The van der Waals surface area contributed by atoms with Crippen LogP contribution >= 0.6 is 0 Å². The number of hydrogen-bond acceptors (Lipinski definition) is 4. The molecule has 0 aromatic heterocycles. The lowest BCUT2D eigenvalue weighted by atomic mass is 9.85. The average molecular weight is 371 g/mol. The zero-order valence-corrected chi connectivity index (χ0v) is 16.0. The highest BCUT2D eigenvalue weighted by atomic mass is 19.1. The molecule has 27 heavy (non-hydrogen) atoms. The molecule has 0 saturated carbocycles. The van der Waals surface area contributed by atoms with Gasteiger partial charge in [-0.25, -0.2) is 4.39 Å². The zero-order valence-electron chi connectivity index (χ0n) is 16.0. The number of ether oxygens (including phenoxy) is 1. The predicted octanol–water partition coefficient (Wildman–Crippen LogP) is 3.82. The van der Waals surface area contributed by atoms with Crippen molar-refractivity contribution in [2.75, 3.05) is 6.54 Å². The van der Waals surface area contributed by atoms with Crippen molar-refractivity contribution in [1.29, 1.82) is 0 Å². The van der Waals surface area contributed by atoms with Gasteiger partial charge in [0.1, 0.15) is 23.3 Å². The summed E-state index contributed by atoms with van der Waals surface area (Å²) in [6.07, 6.45) is 0.402. The van der Waals surface area contributed by atoms with Crippen LogP contribution in [-0.2, 0) is 6.42 Å². The van der Waals surface area contributed by atoms with Gasteiger partial charge in [0.25, 0.3) is 0 Å². The molecule has 1 aliphatic heterocycles. The SMILES string of the molecule is CCc1ccc2c(c1)C(NCCC(=O)c1ccc(F)cc1)C(O)C(C)(C)O2. The molecule has 3 rings (SSSR count). The van der Waals surface area contributed by atoms with Crippen LogP contribution < -0.4 is 10.1 Å². The van der Waals surface area contributed by atoms with Crippen LogP contribution in [-0.4, -0.2) is 29.1 Å². The minimum absolute atomic E-state index is 0.0640. The number of fused-ring (bicyclic) bond motifs is 1. The van der Waals surface area contributed by atoms with E-state index in [2.05, 4.69) is 12.2 Å². The highest BCUT2D eigenvalue weighted by Crippen LogP contribution is 2.40. The van der Waals surface area contributed by atoms with Gasteiger partial charge in [-0.15, -0.1) is 0 Å². The summed E-state index contributed by atoms with van der Waals surface area (Å²) < 4.78 is 19.0. The van der Waals surface area contributed by atoms with Crippen molar-refractivity contribution in [3.8, 4) is 5.75 Å². The van der Waals surface area contributed by atoms with Gasteiger partial charge >= 0.3 is 0 Å². The maximum absolute atomic E-state index is 13.0. The Balaban J connectivity index is 1.73. The van der Waals surface area contributed by atoms with Crippen LogP contribution in [0.4, 0.5) is 4.39 Å². The van der Waals surface area contributed by atoms with Gasteiger partial charge in [0, 0.05) is 24.1 Å². The number of benzene rings is 2. The summed E-state index contributed by atoms with van der Waals surface area (Å²) in [7, 11) is 0. The molecule has 4 nitrogen and oxygen atoms in total. The number of carbonyl (C=O) groups is 1. The Morgan fingerprint density at radius 2 is 1.93 bits per heavy atom. The van der Waals surface area contributed by atoms with Gasteiger partial charge in [-0.05, 0) is 56.2 Å². The molecular weight excluding hydrogens is 345 g/mol. The number of aliphatic hydroxyl groups excluding tert-OH is 1. The molecule has 2 aromatic rings. The van der Waals surface area contributed by atoms with Gasteiger partial charge in [-0.3, -0.25) is 4.79 Å². The summed E-state index contributed by atoms with van der Waals surface area (Å²) in [6.45, 7) is 6.19. The van der Waals surface area contributed by atoms with E-state index in [9.17, 15) is 14.3 Å². The van der Waals surface area contributed by atoms with E-state index in [1.807, 2.05) is 32.0 Å². The van der Waals surface area contributed by atoms with E-state index in [1.165, 1.54) is 29.8 Å². The van der Waals surface area contributed by atoms with Crippen LogP contribution in [0.15, 0.2) is 42.5 Å². The number of aliphatic hydroxyl groups is 1. The van der Waals surface area contributed by atoms with E-state index >= 15 is 0 Å². The van der Waals surface area contributed by atoms with Crippen LogP contribution in [0.25, 0.3) is 0 Å². The van der Waals surface area contributed by atoms with Gasteiger partial charge in [0.2, 0.25) is 0 Å². The number of halogens is 1. The number of nitrogens with one attached hydrogen (secondary N) is 1. The molecule has 144 valence electrons. The fourth-order valence-electron chi connectivity index (χ4n) is 3.41. The number of aryl methyl sites for hydroxylation is 1. The third kappa shape index (κ3) is 4.20. The van der Waals surface area contributed by atoms with E-state index in [4.69, 9.17) is 4.74 Å². The second kappa shape index (κ2) is 7.79. The van der Waals surface area contributed by atoms with E-state index in [0.717, 1.165) is 17.7 Å². The summed E-state index contributed by atoms with van der Waals surface area (Å²) >= 11 is 0. The number of hydrogen-bond donors (Lipinski definition) is 2. The Labute approximate surface area is 159 Å². The van der Waals surface area contributed by atoms with Gasteiger partial charge in [-0.2, -0.15) is 0 Å². The summed E-state index contributed by atoms with van der Waals surface area (Å²) in [5, 5.41) is 14.1. The Morgan fingerprint density at radius 1 is 1.22 bits per heavy atom. The van der Waals surface area contributed by atoms with Crippen molar-refractivity contribution in [3.63, 3.8) is 0 Å². The lowest BCUT2D eigenvalue weighted by Gasteiger charge is -2.42. The smallest absolute Gasteiger partial charge is 0.164 e. The molecule has 2 N–H and O–H groups in total. The third-order valence-corrected chi connectivity index (χ3v) is 5.10. The second-order valence-electron chi connectivity index (χ2n) is 7.49. The first-order chi connectivity index (χ1) is 12.8. The maximum Gasteiger partial charge on any atom is 0.164 e. The number of rotatable bonds is 6. The number of ketones is 1. The Hall–Kier alpha value is -2.24. The van der Waals surface area contributed by atoms with E-state index in [1.54, 1.807) is 0 Å². The molecule has 0 aliphatic carbocycles. The van der Waals surface area contributed by atoms with E-state index in [0.29, 0.717) is 12.1 Å². The second-order valence-corrected chi connectivity index (χ2v) is 7.49. The lowest BCUT2D eigenvalue weighted by Crippen LogP contribution is -2.52. The minimum atomic E-state index is -0.752. The topological polar surface area (TPSA) is 58.6 Å². The predicted molar refractivity (Wildman–Crippen MR) is 103 cm³/mol. The molecular formula is C22H26FNO3. The van der Waals surface area contributed by atoms with Gasteiger partial charge in [0.15, 0.2) is 5.78 Å². The summed E-state index contributed by atoms with van der Waals surface area (Å²) in [4.78, 5) is 12.3. The van der Waals surface area contributed by atoms with E-state index in [-0.39, 0.29) is 24.1 Å². The third-order valence-electron chi connectivity index (χ3n) is 5.10. The van der Waals surface area contributed by atoms with Crippen molar-refractivity contribution in [2.45, 2.75) is 51.4 Å². The fraction of sp³-hybridized carbons (Fsp3) is 0.409. The van der Waals surface area contributed by atoms with Crippen molar-refractivity contribution in [2.24, 2.45) is 0 Å². The van der Waals surface area contributed by atoms with Crippen LogP contribution in [0, 0.1) is 5.82 Å². The lowest BCUT2D eigenvalue weighted by molar-refractivity contribution is -0.0644. The Kier molecular flexibility index (Phi) is 5.63. The molecule has 1 heterocycles. The first-order valence-corrected chi connectivity index (χ1v) is 9.34. The normalized spacial score (nSPS) is 20.6. The van der Waals surface area contributed by atoms with Crippen molar-refractivity contribution < 1.29 is 19.0 Å². The first-order valence-electron chi connectivity index (χ1n) is 9.34. The monoisotopic (exact) mass is 371 g/mol. The molecule has 2 atom stereocenters. The van der Waals surface area contributed by atoms with E-state index < -0.39 is 11.7 Å². The number of carbonyl (C=O) groups excluding carboxylic acids is 1. The zero-order chi connectivity index (χ0) is 19.6. The Bertz CT molecular complexity index is 817. The highest BCUT2D eigenvalue weighted by molar-refractivity contribution is 5.96. The quantitative estimate of drug-likeness (QED) is 0.758. The molecule has 5 heteroatoms.